The number of fused-ring (bicyclic) bond motifs is 1. The molecule has 0 fully saturated rings. The van der Waals surface area contributed by atoms with Gasteiger partial charge in [-0.1, -0.05) is 30.3 Å². The molecule has 0 atom stereocenters. The Hall–Kier alpha value is -3.48. The average molecular weight is 363 g/mol. The van der Waals surface area contributed by atoms with Crippen molar-refractivity contribution in [2.45, 2.75) is 19.5 Å². The lowest BCUT2D eigenvalue weighted by Crippen LogP contribution is -2.14. The van der Waals surface area contributed by atoms with Crippen molar-refractivity contribution in [2.24, 2.45) is 0 Å². The Balaban J connectivity index is 1.33. The molecule has 0 radical (unpaired) electrons. The maximum absolute atomic E-state index is 13.0. The second-order valence-corrected chi connectivity index (χ2v) is 6.28. The van der Waals surface area contributed by atoms with E-state index in [1.807, 2.05) is 28.9 Å². The number of rotatable bonds is 6. The van der Waals surface area contributed by atoms with Crippen molar-refractivity contribution in [1.29, 1.82) is 0 Å². The average Bonchev–Trinajstić information content (AvgIpc) is 3.29. The van der Waals surface area contributed by atoms with Gasteiger partial charge in [-0.2, -0.15) is 10.2 Å². The monoisotopic (exact) mass is 363 g/mol. The molecule has 2 aromatic heterocycles. The van der Waals surface area contributed by atoms with E-state index in [9.17, 15) is 9.18 Å². The highest BCUT2D eigenvalue weighted by atomic mass is 19.1. The van der Waals surface area contributed by atoms with Gasteiger partial charge >= 0.3 is 0 Å². The Labute approximate surface area is 155 Å². The highest BCUT2D eigenvalue weighted by Crippen LogP contribution is 2.13. The van der Waals surface area contributed by atoms with Crippen LogP contribution in [-0.4, -0.2) is 25.5 Å². The Bertz CT molecular complexity index is 1070. The zero-order valence-corrected chi connectivity index (χ0v) is 14.5. The Kier molecular flexibility index (Phi) is 4.65. The first kappa shape index (κ1) is 17.0. The lowest BCUT2D eigenvalue weighted by Gasteiger charge is -2.04. The smallest absolute Gasteiger partial charge is 0.226 e. The molecule has 0 aliphatic carbocycles. The maximum Gasteiger partial charge on any atom is 0.226 e. The number of carbonyl (C=O) groups is 1. The van der Waals surface area contributed by atoms with E-state index in [1.165, 1.54) is 12.1 Å². The SMILES string of the molecule is O=C(CCn1ncc2ccccc21)Nc1cnn(Cc2ccc(F)cc2)c1. The Morgan fingerprint density at radius 2 is 1.85 bits per heavy atom. The van der Waals surface area contributed by atoms with Gasteiger partial charge in [0.2, 0.25) is 5.91 Å². The summed E-state index contributed by atoms with van der Waals surface area (Å²) in [6.07, 6.45) is 5.47. The first-order chi connectivity index (χ1) is 13.2. The molecule has 1 N–H and O–H groups in total. The number of hydrogen-bond donors (Lipinski definition) is 1. The molecule has 0 saturated carbocycles. The van der Waals surface area contributed by atoms with Crippen molar-refractivity contribution in [3.05, 3.63) is 78.5 Å². The fourth-order valence-electron chi connectivity index (χ4n) is 2.93. The standard InChI is InChI=1S/C20H18FN5O/c21-17-7-5-15(6-8-17)13-25-14-18(12-22-25)24-20(27)9-10-26-19-4-2-1-3-16(19)11-23-26/h1-8,11-12,14H,9-10,13H2,(H,24,27). The van der Waals surface area contributed by atoms with Crippen LogP contribution in [0.1, 0.15) is 12.0 Å². The van der Waals surface area contributed by atoms with E-state index in [-0.39, 0.29) is 11.7 Å². The van der Waals surface area contributed by atoms with Crippen LogP contribution in [-0.2, 0) is 17.9 Å². The van der Waals surface area contributed by atoms with Gasteiger partial charge in [-0.25, -0.2) is 4.39 Å². The van der Waals surface area contributed by atoms with Crippen molar-refractivity contribution in [3.63, 3.8) is 0 Å². The van der Waals surface area contributed by atoms with E-state index in [1.54, 1.807) is 35.4 Å². The predicted octanol–water partition coefficient (Wildman–Crippen LogP) is 3.45. The molecule has 2 aromatic carbocycles. The number of aryl methyl sites for hydroxylation is 1. The van der Waals surface area contributed by atoms with Gasteiger partial charge in [0.1, 0.15) is 5.82 Å². The number of halogens is 1. The zero-order chi connectivity index (χ0) is 18.6. The molecule has 0 aliphatic heterocycles. The number of nitrogens with zero attached hydrogens (tertiary/aromatic N) is 4. The molecule has 1 amide bonds. The van der Waals surface area contributed by atoms with E-state index in [0.29, 0.717) is 25.2 Å². The van der Waals surface area contributed by atoms with Crippen LogP contribution in [0.5, 0.6) is 0 Å². The number of nitrogens with one attached hydrogen (secondary N) is 1. The van der Waals surface area contributed by atoms with Crippen molar-refractivity contribution >= 4 is 22.5 Å². The van der Waals surface area contributed by atoms with E-state index in [2.05, 4.69) is 15.5 Å². The van der Waals surface area contributed by atoms with Crippen molar-refractivity contribution < 1.29 is 9.18 Å². The molecule has 0 bridgehead atoms. The third-order valence-electron chi connectivity index (χ3n) is 4.28. The maximum atomic E-state index is 13.0. The Morgan fingerprint density at radius 1 is 1.04 bits per heavy atom. The Morgan fingerprint density at radius 3 is 2.70 bits per heavy atom. The number of benzene rings is 2. The minimum Gasteiger partial charge on any atom is -0.323 e. The van der Waals surface area contributed by atoms with E-state index >= 15 is 0 Å². The van der Waals surface area contributed by atoms with E-state index in [4.69, 9.17) is 0 Å². The molecule has 0 unspecified atom stereocenters. The number of carbonyl (C=O) groups excluding carboxylic acids is 1. The van der Waals surface area contributed by atoms with E-state index < -0.39 is 0 Å². The molecule has 2 heterocycles. The van der Waals surface area contributed by atoms with Crippen LogP contribution in [0, 0.1) is 5.82 Å². The predicted molar refractivity (Wildman–Crippen MR) is 101 cm³/mol. The van der Waals surface area contributed by atoms with Gasteiger partial charge in [-0.15, -0.1) is 0 Å². The van der Waals surface area contributed by atoms with Gasteiger partial charge in [0, 0.05) is 18.0 Å². The van der Waals surface area contributed by atoms with Crippen LogP contribution in [0.2, 0.25) is 0 Å². The third kappa shape index (κ3) is 4.03. The summed E-state index contributed by atoms with van der Waals surface area (Å²) in [6.45, 7) is 1.01. The number of para-hydroxylation sites is 1. The molecule has 136 valence electrons. The molecular weight excluding hydrogens is 345 g/mol. The van der Waals surface area contributed by atoms with Gasteiger partial charge in [-0.3, -0.25) is 14.2 Å². The minimum atomic E-state index is -0.267. The summed E-state index contributed by atoms with van der Waals surface area (Å²) in [5.41, 5.74) is 2.58. The third-order valence-corrected chi connectivity index (χ3v) is 4.28. The molecule has 0 aliphatic rings. The van der Waals surface area contributed by atoms with Gasteiger partial charge in [-0.05, 0) is 23.8 Å². The molecule has 4 aromatic rings. The summed E-state index contributed by atoms with van der Waals surface area (Å²) in [5, 5.41) is 12.5. The second kappa shape index (κ2) is 7.41. The van der Waals surface area contributed by atoms with Crippen LogP contribution in [0.3, 0.4) is 0 Å². The first-order valence-electron chi connectivity index (χ1n) is 8.65. The summed E-state index contributed by atoms with van der Waals surface area (Å²) in [6, 6.07) is 14.2. The largest absolute Gasteiger partial charge is 0.323 e. The van der Waals surface area contributed by atoms with Gasteiger partial charge in [0.25, 0.3) is 0 Å². The highest BCUT2D eigenvalue weighted by Gasteiger charge is 2.08. The van der Waals surface area contributed by atoms with Crippen LogP contribution >= 0.6 is 0 Å². The molecule has 4 rings (SSSR count). The van der Waals surface area contributed by atoms with Gasteiger partial charge < -0.3 is 5.32 Å². The lowest BCUT2D eigenvalue weighted by molar-refractivity contribution is -0.116. The summed E-state index contributed by atoms with van der Waals surface area (Å²) in [7, 11) is 0. The van der Waals surface area contributed by atoms with Gasteiger partial charge in [0.15, 0.2) is 0 Å². The van der Waals surface area contributed by atoms with Crippen LogP contribution in [0.4, 0.5) is 10.1 Å². The number of aromatic nitrogens is 4. The van der Waals surface area contributed by atoms with Gasteiger partial charge in [0.05, 0.1) is 36.7 Å². The molecule has 6 nitrogen and oxygen atoms in total. The number of hydrogen-bond acceptors (Lipinski definition) is 3. The number of anilines is 1. The first-order valence-corrected chi connectivity index (χ1v) is 8.65. The summed E-state index contributed by atoms with van der Waals surface area (Å²) in [4.78, 5) is 12.2. The lowest BCUT2D eigenvalue weighted by atomic mass is 10.2. The molecular formula is C20H18FN5O. The molecule has 0 spiro atoms. The van der Waals surface area contributed by atoms with Crippen molar-refractivity contribution in [3.8, 4) is 0 Å². The summed E-state index contributed by atoms with van der Waals surface area (Å²) >= 11 is 0. The second-order valence-electron chi connectivity index (χ2n) is 6.28. The quantitative estimate of drug-likeness (QED) is 0.571. The van der Waals surface area contributed by atoms with Crippen molar-refractivity contribution in [2.75, 3.05) is 5.32 Å². The summed E-state index contributed by atoms with van der Waals surface area (Å²) in [5.74, 6) is -0.368. The fraction of sp³-hybridized carbons (Fsp3) is 0.150. The normalized spacial score (nSPS) is 11.0. The zero-order valence-electron chi connectivity index (χ0n) is 14.5. The highest BCUT2D eigenvalue weighted by molar-refractivity contribution is 5.90. The molecule has 0 saturated heterocycles. The topological polar surface area (TPSA) is 64.7 Å². The van der Waals surface area contributed by atoms with E-state index in [0.717, 1.165) is 16.5 Å². The fourth-order valence-corrected chi connectivity index (χ4v) is 2.93. The van der Waals surface area contributed by atoms with Crippen LogP contribution in [0.25, 0.3) is 10.9 Å². The number of amides is 1. The van der Waals surface area contributed by atoms with Crippen LogP contribution in [0.15, 0.2) is 67.1 Å². The van der Waals surface area contributed by atoms with Crippen LogP contribution < -0.4 is 5.32 Å². The molecule has 7 heteroatoms. The minimum absolute atomic E-state index is 0.101. The summed E-state index contributed by atoms with van der Waals surface area (Å²) < 4.78 is 16.5. The van der Waals surface area contributed by atoms with Crippen molar-refractivity contribution in [1.82, 2.24) is 19.6 Å². The molecule has 27 heavy (non-hydrogen) atoms.